The Balaban J connectivity index is 1.85. The van der Waals surface area contributed by atoms with E-state index in [0.717, 1.165) is 4.90 Å². The molecule has 6 heteroatoms. The number of thioether (sulfide) groups is 1. The second-order valence-electron chi connectivity index (χ2n) is 4.99. The second kappa shape index (κ2) is 8.31. The number of Topliss-reactive ketones (excluding diaryl/α,β-unsaturated/α-hetero) is 1. The van der Waals surface area contributed by atoms with Gasteiger partial charge in [0, 0.05) is 16.1 Å². The Bertz CT molecular complexity index is 739. The summed E-state index contributed by atoms with van der Waals surface area (Å²) in [5, 5.41) is 2.60. The summed E-state index contributed by atoms with van der Waals surface area (Å²) < 4.78 is 4.99. The molecule has 0 bridgehead atoms. The summed E-state index contributed by atoms with van der Waals surface area (Å²) >= 11 is 1.57. The zero-order valence-corrected chi connectivity index (χ0v) is 14.2. The van der Waals surface area contributed by atoms with Crippen molar-refractivity contribution in [2.45, 2.75) is 11.8 Å². The molecule has 24 heavy (non-hydrogen) atoms. The highest BCUT2D eigenvalue weighted by Gasteiger charge is 2.10. The lowest BCUT2D eigenvalue weighted by molar-refractivity contribution is -0.119. The third-order valence-electron chi connectivity index (χ3n) is 3.24. The van der Waals surface area contributed by atoms with Crippen LogP contribution in [0.25, 0.3) is 0 Å². The van der Waals surface area contributed by atoms with E-state index in [2.05, 4.69) is 5.32 Å². The van der Waals surface area contributed by atoms with Crippen LogP contribution in [0, 0.1) is 0 Å². The van der Waals surface area contributed by atoms with Gasteiger partial charge in [-0.2, -0.15) is 0 Å². The number of hydrogen-bond donors (Lipinski definition) is 1. The number of carbonyl (C=O) groups excluding carboxylic acids is 3. The van der Waals surface area contributed by atoms with Gasteiger partial charge in [-0.15, -0.1) is 11.8 Å². The topological polar surface area (TPSA) is 72.5 Å². The first kappa shape index (κ1) is 17.7. The predicted octanol–water partition coefficient (Wildman–Crippen LogP) is 3.41. The first-order valence-corrected chi connectivity index (χ1v) is 8.44. The Hall–Kier alpha value is -2.60. The molecule has 2 aromatic rings. The molecule has 0 radical (unpaired) electrons. The molecule has 0 aliphatic rings. The molecular formula is C18H17NO4S. The Kier molecular flexibility index (Phi) is 6.14. The van der Waals surface area contributed by atoms with Gasteiger partial charge in [0.25, 0.3) is 5.91 Å². The minimum atomic E-state index is -0.551. The molecule has 0 fully saturated rings. The molecule has 1 amide bonds. The Morgan fingerprint density at radius 1 is 0.958 bits per heavy atom. The van der Waals surface area contributed by atoms with Gasteiger partial charge in [0.1, 0.15) is 0 Å². The van der Waals surface area contributed by atoms with Gasteiger partial charge in [-0.25, -0.2) is 4.79 Å². The van der Waals surface area contributed by atoms with Crippen LogP contribution in [0.4, 0.5) is 5.69 Å². The fourth-order valence-corrected chi connectivity index (χ4v) is 2.34. The largest absolute Gasteiger partial charge is 0.452 e. The standard InChI is InChI=1S/C18H17NO4S/c1-12(20)13-3-7-15(8-4-13)19-17(21)11-23-18(22)14-5-9-16(24-2)10-6-14/h3-10H,11H2,1-2H3,(H,19,21). The van der Waals surface area contributed by atoms with E-state index in [-0.39, 0.29) is 12.4 Å². The van der Waals surface area contributed by atoms with Gasteiger partial charge < -0.3 is 10.1 Å². The first-order valence-electron chi connectivity index (χ1n) is 7.21. The van der Waals surface area contributed by atoms with Crippen LogP contribution in [-0.2, 0) is 9.53 Å². The molecule has 0 atom stereocenters. The summed E-state index contributed by atoms with van der Waals surface area (Å²) in [7, 11) is 0. The third kappa shape index (κ3) is 4.96. The molecule has 0 saturated heterocycles. The van der Waals surface area contributed by atoms with Crippen molar-refractivity contribution < 1.29 is 19.1 Å². The highest BCUT2D eigenvalue weighted by atomic mass is 32.2. The van der Waals surface area contributed by atoms with Gasteiger partial charge in [-0.05, 0) is 61.7 Å². The number of anilines is 1. The molecule has 2 aromatic carbocycles. The number of ketones is 1. The number of rotatable bonds is 6. The van der Waals surface area contributed by atoms with E-state index < -0.39 is 11.9 Å². The van der Waals surface area contributed by atoms with Crippen molar-refractivity contribution in [2.75, 3.05) is 18.2 Å². The number of hydrogen-bond acceptors (Lipinski definition) is 5. The predicted molar refractivity (Wildman–Crippen MR) is 93.6 cm³/mol. The van der Waals surface area contributed by atoms with E-state index in [9.17, 15) is 14.4 Å². The van der Waals surface area contributed by atoms with Crippen molar-refractivity contribution in [1.82, 2.24) is 0 Å². The van der Waals surface area contributed by atoms with Crippen LogP contribution in [0.1, 0.15) is 27.6 Å². The maximum Gasteiger partial charge on any atom is 0.338 e. The molecule has 2 rings (SSSR count). The highest BCUT2D eigenvalue weighted by molar-refractivity contribution is 7.98. The summed E-state index contributed by atoms with van der Waals surface area (Å²) in [6, 6.07) is 13.4. The van der Waals surface area contributed by atoms with Crippen molar-refractivity contribution >= 4 is 35.1 Å². The summed E-state index contributed by atoms with van der Waals surface area (Å²) in [5.41, 5.74) is 1.49. The molecule has 0 heterocycles. The number of ether oxygens (including phenoxy) is 1. The summed E-state index contributed by atoms with van der Waals surface area (Å²) in [6.45, 7) is 1.09. The molecule has 0 aromatic heterocycles. The van der Waals surface area contributed by atoms with E-state index >= 15 is 0 Å². The van der Waals surface area contributed by atoms with Crippen molar-refractivity contribution in [3.8, 4) is 0 Å². The lowest BCUT2D eigenvalue weighted by atomic mass is 10.1. The zero-order valence-electron chi connectivity index (χ0n) is 13.4. The monoisotopic (exact) mass is 343 g/mol. The normalized spacial score (nSPS) is 10.1. The molecule has 0 aliphatic carbocycles. The average molecular weight is 343 g/mol. The molecule has 0 unspecified atom stereocenters. The van der Waals surface area contributed by atoms with Gasteiger partial charge in [0.05, 0.1) is 5.56 Å². The van der Waals surface area contributed by atoms with Gasteiger partial charge >= 0.3 is 5.97 Å². The zero-order chi connectivity index (χ0) is 17.5. The molecule has 5 nitrogen and oxygen atoms in total. The summed E-state index contributed by atoms with van der Waals surface area (Å²) in [5.74, 6) is -1.04. The van der Waals surface area contributed by atoms with E-state index in [1.165, 1.54) is 6.92 Å². The quantitative estimate of drug-likeness (QED) is 0.494. The van der Waals surface area contributed by atoms with E-state index in [4.69, 9.17) is 4.74 Å². The molecular weight excluding hydrogens is 326 g/mol. The second-order valence-corrected chi connectivity index (χ2v) is 5.87. The van der Waals surface area contributed by atoms with E-state index in [1.807, 2.05) is 18.4 Å². The van der Waals surface area contributed by atoms with Crippen molar-refractivity contribution in [2.24, 2.45) is 0 Å². The van der Waals surface area contributed by atoms with Crippen LogP contribution in [0.3, 0.4) is 0 Å². The minimum Gasteiger partial charge on any atom is -0.452 e. The van der Waals surface area contributed by atoms with Crippen molar-refractivity contribution in [3.63, 3.8) is 0 Å². The van der Waals surface area contributed by atoms with E-state index in [0.29, 0.717) is 16.8 Å². The van der Waals surface area contributed by atoms with Crippen LogP contribution < -0.4 is 5.32 Å². The highest BCUT2D eigenvalue weighted by Crippen LogP contribution is 2.15. The molecule has 1 N–H and O–H groups in total. The van der Waals surface area contributed by atoms with Crippen molar-refractivity contribution in [1.29, 1.82) is 0 Å². The molecule has 0 saturated carbocycles. The number of amides is 1. The molecule has 0 aliphatic heterocycles. The Morgan fingerprint density at radius 3 is 2.08 bits per heavy atom. The van der Waals surface area contributed by atoms with Gasteiger partial charge in [0.2, 0.25) is 0 Å². The Morgan fingerprint density at radius 2 is 1.54 bits per heavy atom. The van der Waals surface area contributed by atoms with Crippen LogP contribution in [0.2, 0.25) is 0 Å². The number of benzene rings is 2. The molecule has 0 spiro atoms. The van der Waals surface area contributed by atoms with Gasteiger partial charge in [-0.3, -0.25) is 9.59 Å². The smallest absolute Gasteiger partial charge is 0.338 e. The lowest BCUT2D eigenvalue weighted by Gasteiger charge is -2.07. The fourth-order valence-electron chi connectivity index (χ4n) is 1.93. The van der Waals surface area contributed by atoms with Crippen LogP contribution in [0.15, 0.2) is 53.4 Å². The minimum absolute atomic E-state index is 0.0469. The summed E-state index contributed by atoms with van der Waals surface area (Å²) in [4.78, 5) is 35.9. The average Bonchev–Trinajstić information content (AvgIpc) is 2.60. The van der Waals surface area contributed by atoms with Gasteiger partial charge in [-0.1, -0.05) is 0 Å². The third-order valence-corrected chi connectivity index (χ3v) is 3.98. The summed E-state index contributed by atoms with van der Waals surface area (Å²) in [6.07, 6.45) is 1.95. The molecule has 124 valence electrons. The fraction of sp³-hybridized carbons (Fsp3) is 0.167. The maximum atomic E-state index is 11.9. The van der Waals surface area contributed by atoms with Crippen LogP contribution in [0.5, 0.6) is 0 Å². The number of nitrogens with one attached hydrogen (secondary N) is 1. The van der Waals surface area contributed by atoms with E-state index in [1.54, 1.807) is 48.2 Å². The lowest BCUT2D eigenvalue weighted by Crippen LogP contribution is -2.20. The number of carbonyl (C=O) groups is 3. The first-order chi connectivity index (χ1) is 11.5. The number of esters is 1. The Labute approximate surface area is 144 Å². The SMILES string of the molecule is CSc1ccc(C(=O)OCC(=O)Nc2ccc(C(C)=O)cc2)cc1. The van der Waals surface area contributed by atoms with Crippen LogP contribution in [-0.4, -0.2) is 30.5 Å². The van der Waals surface area contributed by atoms with Gasteiger partial charge in [0.15, 0.2) is 12.4 Å². The van der Waals surface area contributed by atoms with Crippen LogP contribution >= 0.6 is 11.8 Å². The maximum absolute atomic E-state index is 11.9. The van der Waals surface area contributed by atoms with Crippen molar-refractivity contribution in [3.05, 3.63) is 59.7 Å².